The number of carbonyl (C=O) groups excluding carboxylic acids is 1. The van der Waals surface area contributed by atoms with Gasteiger partial charge < -0.3 is 9.57 Å². The van der Waals surface area contributed by atoms with E-state index in [1.165, 1.54) is 0 Å². The maximum Gasteiger partial charge on any atom is 0.338 e. The minimum absolute atomic E-state index is 0.161. The Labute approximate surface area is 136 Å². The Bertz CT molecular complexity index is 686. The number of pyridine rings is 1. The quantitative estimate of drug-likeness (QED) is 0.785. The van der Waals surface area contributed by atoms with Crippen LogP contribution in [0.25, 0.3) is 0 Å². The van der Waals surface area contributed by atoms with Gasteiger partial charge in [0.25, 0.3) is 0 Å². The highest BCUT2D eigenvalue weighted by molar-refractivity contribution is 9.10. The van der Waals surface area contributed by atoms with Gasteiger partial charge in [0.1, 0.15) is 12.3 Å². The van der Waals surface area contributed by atoms with E-state index in [1.807, 2.05) is 18.2 Å². The van der Waals surface area contributed by atoms with Crippen molar-refractivity contribution in [2.45, 2.75) is 12.5 Å². The van der Waals surface area contributed by atoms with Gasteiger partial charge in [-0.1, -0.05) is 27.2 Å². The smallest absolute Gasteiger partial charge is 0.338 e. The van der Waals surface area contributed by atoms with Crippen LogP contribution < -0.4 is 0 Å². The fraction of sp³-hybridized carbons (Fsp3) is 0.188. The van der Waals surface area contributed by atoms with Crippen molar-refractivity contribution in [3.63, 3.8) is 0 Å². The van der Waals surface area contributed by atoms with Gasteiger partial charge in [0, 0.05) is 17.1 Å². The summed E-state index contributed by atoms with van der Waals surface area (Å²) in [4.78, 5) is 21.4. The van der Waals surface area contributed by atoms with E-state index in [0.717, 1.165) is 15.9 Å². The lowest BCUT2D eigenvalue weighted by atomic mass is 10.1. The lowest BCUT2D eigenvalue weighted by Crippen LogP contribution is -2.19. The van der Waals surface area contributed by atoms with Crippen LogP contribution in [0.2, 0.25) is 0 Å². The number of hydrogen-bond donors (Lipinski definition) is 0. The molecule has 22 heavy (non-hydrogen) atoms. The number of hydrogen-bond acceptors (Lipinski definition) is 5. The standard InChI is InChI=1S/C16H13BrN2O3/c17-12-6-4-11(5-7-12)16(20)21-10-13-9-15(19-22-13)14-3-1-2-8-18-14/h1-8,13H,9-10H2/t13-/m0/s1. The van der Waals surface area contributed by atoms with E-state index in [9.17, 15) is 4.79 Å². The molecule has 0 saturated carbocycles. The fourth-order valence-corrected chi connectivity index (χ4v) is 2.30. The summed E-state index contributed by atoms with van der Waals surface area (Å²) in [5.74, 6) is -0.373. The molecule has 3 rings (SSSR count). The van der Waals surface area contributed by atoms with E-state index < -0.39 is 0 Å². The first kappa shape index (κ1) is 14.7. The van der Waals surface area contributed by atoms with Crippen LogP contribution in [0, 0.1) is 0 Å². The maximum atomic E-state index is 11.9. The van der Waals surface area contributed by atoms with Crippen molar-refractivity contribution in [1.82, 2.24) is 4.98 Å². The molecule has 1 aliphatic rings. The number of esters is 1. The highest BCUT2D eigenvalue weighted by Crippen LogP contribution is 2.16. The first-order valence-corrected chi connectivity index (χ1v) is 7.58. The van der Waals surface area contributed by atoms with Gasteiger partial charge in [0.05, 0.1) is 11.3 Å². The minimum atomic E-state index is -0.373. The molecule has 2 heterocycles. The summed E-state index contributed by atoms with van der Waals surface area (Å²) in [6.45, 7) is 0.161. The molecule has 0 amide bonds. The van der Waals surface area contributed by atoms with Gasteiger partial charge in [-0.3, -0.25) is 4.98 Å². The average molecular weight is 361 g/mol. The summed E-state index contributed by atoms with van der Waals surface area (Å²) in [6.07, 6.45) is 2.01. The molecule has 0 fully saturated rings. The summed E-state index contributed by atoms with van der Waals surface area (Å²) in [5.41, 5.74) is 2.06. The van der Waals surface area contributed by atoms with Crippen molar-refractivity contribution < 1.29 is 14.4 Å². The number of oxime groups is 1. The van der Waals surface area contributed by atoms with Crippen molar-refractivity contribution in [3.05, 3.63) is 64.4 Å². The monoisotopic (exact) mass is 360 g/mol. The van der Waals surface area contributed by atoms with E-state index in [-0.39, 0.29) is 18.7 Å². The third-order valence-electron chi connectivity index (χ3n) is 3.17. The molecule has 5 nitrogen and oxygen atoms in total. The molecule has 2 aromatic rings. The van der Waals surface area contributed by atoms with E-state index >= 15 is 0 Å². The molecule has 0 aliphatic carbocycles. The van der Waals surface area contributed by atoms with Crippen molar-refractivity contribution in [3.8, 4) is 0 Å². The van der Waals surface area contributed by atoms with Crippen molar-refractivity contribution >= 4 is 27.6 Å². The van der Waals surface area contributed by atoms with Gasteiger partial charge >= 0.3 is 5.97 Å². The highest BCUT2D eigenvalue weighted by atomic mass is 79.9. The van der Waals surface area contributed by atoms with Crippen LogP contribution >= 0.6 is 15.9 Å². The molecule has 0 spiro atoms. The van der Waals surface area contributed by atoms with E-state index in [4.69, 9.17) is 9.57 Å². The fourth-order valence-electron chi connectivity index (χ4n) is 2.04. The Morgan fingerprint density at radius 2 is 2.09 bits per heavy atom. The molecule has 0 saturated heterocycles. The highest BCUT2D eigenvalue weighted by Gasteiger charge is 2.24. The van der Waals surface area contributed by atoms with Crippen LogP contribution in [0.3, 0.4) is 0 Å². The molecule has 112 valence electrons. The van der Waals surface area contributed by atoms with Crippen molar-refractivity contribution in [2.75, 3.05) is 6.61 Å². The maximum absolute atomic E-state index is 11.9. The third-order valence-corrected chi connectivity index (χ3v) is 3.70. The van der Waals surface area contributed by atoms with E-state index in [1.54, 1.807) is 30.5 Å². The predicted molar refractivity (Wildman–Crippen MR) is 84.7 cm³/mol. The zero-order chi connectivity index (χ0) is 15.4. The summed E-state index contributed by atoms with van der Waals surface area (Å²) in [5, 5.41) is 4.01. The summed E-state index contributed by atoms with van der Waals surface area (Å²) in [7, 11) is 0. The third kappa shape index (κ3) is 3.51. The van der Waals surface area contributed by atoms with E-state index in [0.29, 0.717) is 12.0 Å². The second-order valence-corrected chi connectivity index (χ2v) is 5.71. The van der Waals surface area contributed by atoms with Gasteiger partial charge in [-0.15, -0.1) is 0 Å². The molecule has 1 aromatic carbocycles. The number of nitrogens with zero attached hydrogens (tertiary/aromatic N) is 2. The molecule has 0 unspecified atom stereocenters. The lowest BCUT2D eigenvalue weighted by molar-refractivity contribution is 0.00686. The molecular formula is C16H13BrN2O3. The topological polar surface area (TPSA) is 60.8 Å². The van der Waals surface area contributed by atoms with Gasteiger partial charge in [0.15, 0.2) is 6.10 Å². The molecule has 1 aliphatic heterocycles. The van der Waals surface area contributed by atoms with Gasteiger partial charge in [0.2, 0.25) is 0 Å². The van der Waals surface area contributed by atoms with Crippen LogP contribution in [0.1, 0.15) is 22.5 Å². The summed E-state index contributed by atoms with van der Waals surface area (Å²) < 4.78 is 6.18. The molecule has 1 atom stereocenters. The summed E-state index contributed by atoms with van der Waals surface area (Å²) >= 11 is 3.32. The van der Waals surface area contributed by atoms with Crippen LogP contribution in [0.5, 0.6) is 0 Å². The number of ether oxygens (including phenoxy) is 1. The number of benzene rings is 1. The average Bonchev–Trinajstić information content (AvgIpc) is 3.03. The Morgan fingerprint density at radius 1 is 1.27 bits per heavy atom. The summed E-state index contributed by atoms with van der Waals surface area (Å²) in [6, 6.07) is 12.6. The largest absolute Gasteiger partial charge is 0.458 e. The van der Waals surface area contributed by atoms with Crippen molar-refractivity contribution in [2.24, 2.45) is 5.16 Å². The van der Waals surface area contributed by atoms with Gasteiger partial charge in [-0.25, -0.2) is 4.79 Å². The van der Waals surface area contributed by atoms with Crippen LogP contribution in [-0.2, 0) is 9.57 Å². The zero-order valence-electron chi connectivity index (χ0n) is 11.6. The molecule has 0 N–H and O–H groups in total. The Kier molecular flexibility index (Phi) is 4.48. The van der Waals surface area contributed by atoms with Gasteiger partial charge in [-0.2, -0.15) is 0 Å². The number of halogens is 1. The molecule has 1 aromatic heterocycles. The second kappa shape index (κ2) is 6.70. The molecule has 6 heteroatoms. The normalized spacial score (nSPS) is 16.8. The van der Waals surface area contributed by atoms with E-state index in [2.05, 4.69) is 26.1 Å². The second-order valence-electron chi connectivity index (χ2n) is 4.79. The molecular weight excluding hydrogens is 348 g/mol. The molecule has 0 bridgehead atoms. The molecule has 0 radical (unpaired) electrons. The first-order chi connectivity index (χ1) is 10.7. The van der Waals surface area contributed by atoms with Crippen molar-refractivity contribution in [1.29, 1.82) is 0 Å². The minimum Gasteiger partial charge on any atom is -0.458 e. The Balaban J connectivity index is 1.52. The Morgan fingerprint density at radius 3 is 2.82 bits per heavy atom. The van der Waals surface area contributed by atoms with Gasteiger partial charge in [-0.05, 0) is 36.4 Å². The van der Waals surface area contributed by atoms with Crippen LogP contribution in [-0.4, -0.2) is 29.4 Å². The first-order valence-electron chi connectivity index (χ1n) is 6.79. The predicted octanol–water partition coefficient (Wildman–Crippen LogP) is 3.19. The Hall–Kier alpha value is -2.21. The zero-order valence-corrected chi connectivity index (χ0v) is 13.2. The van der Waals surface area contributed by atoms with Crippen LogP contribution in [0.15, 0.2) is 58.3 Å². The SMILES string of the molecule is O=C(OC[C@@H]1CC(c2ccccn2)=NO1)c1ccc(Br)cc1. The number of rotatable bonds is 4. The van der Waals surface area contributed by atoms with Crippen LogP contribution in [0.4, 0.5) is 0 Å². The number of aromatic nitrogens is 1. The number of carbonyl (C=O) groups is 1. The lowest BCUT2D eigenvalue weighted by Gasteiger charge is -2.09.